The van der Waals surface area contributed by atoms with E-state index in [1.807, 2.05) is 43.3 Å². The third-order valence-electron chi connectivity index (χ3n) is 3.55. The number of ether oxygens (including phenoxy) is 1. The smallest absolute Gasteiger partial charge is 0.258 e. The first-order valence-corrected chi connectivity index (χ1v) is 8.43. The number of amides is 2. The van der Waals surface area contributed by atoms with Crippen LogP contribution in [0, 0.1) is 0 Å². The summed E-state index contributed by atoms with van der Waals surface area (Å²) in [7, 11) is 0. The van der Waals surface area contributed by atoms with Crippen LogP contribution in [0.2, 0.25) is 5.02 Å². The second-order valence-corrected chi connectivity index (χ2v) is 5.85. The molecule has 0 heterocycles. The molecule has 0 aliphatic carbocycles. The zero-order valence-corrected chi connectivity index (χ0v) is 14.8. The first-order chi connectivity index (χ1) is 12.1. The van der Waals surface area contributed by atoms with Crippen molar-refractivity contribution in [3.63, 3.8) is 0 Å². The summed E-state index contributed by atoms with van der Waals surface area (Å²) in [5.74, 6) is 0.117. The van der Waals surface area contributed by atoms with Gasteiger partial charge in [-0.15, -0.1) is 0 Å². The molecule has 5 nitrogen and oxygen atoms in total. The molecule has 6 heteroatoms. The van der Waals surface area contributed by atoms with E-state index < -0.39 is 0 Å². The molecule has 0 radical (unpaired) electrons. The number of nitrogens with one attached hydrogen (secondary N) is 1. The lowest BCUT2D eigenvalue weighted by Crippen LogP contribution is -2.41. The van der Waals surface area contributed by atoms with Gasteiger partial charge in [-0.3, -0.25) is 9.59 Å². The van der Waals surface area contributed by atoms with Crippen LogP contribution in [-0.4, -0.2) is 36.4 Å². The second-order valence-electron chi connectivity index (χ2n) is 5.42. The van der Waals surface area contributed by atoms with Crippen LogP contribution in [0.3, 0.4) is 0 Å². The Hall–Kier alpha value is -2.53. The van der Waals surface area contributed by atoms with Crippen LogP contribution in [0.25, 0.3) is 0 Å². The topological polar surface area (TPSA) is 58.6 Å². The van der Waals surface area contributed by atoms with Crippen molar-refractivity contribution in [3.8, 4) is 5.75 Å². The summed E-state index contributed by atoms with van der Waals surface area (Å²) in [5.41, 5.74) is 0.946. The van der Waals surface area contributed by atoms with Crippen molar-refractivity contribution < 1.29 is 14.3 Å². The molecule has 0 aromatic heterocycles. The van der Waals surface area contributed by atoms with Gasteiger partial charge in [-0.25, -0.2) is 0 Å². The van der Waals surface area contributed by atoms with Crippen molar-refractivity contribution in [2.75, 3.05) is 19.7 Å². The number of hydrogen-bond acceptors (Lipinski definition) is 3. The average molecular weight is 361 g/mol. The van der Waals surface area contributed by atoms with Gasteiger partial charge in [0.25, 0.3) is 5.91 Å². The Morgan fingerprint density at radius 3 is 2.56 bits per heavy atom. The van der Waals surface area contributed by atoms with Crippen LogP contribution in [0.15, 0.2) is 54.6 Å². The van der Waals surface area contributed by atoms with Gasteiger partial charge in [0.15, 0.2) is 6.61 Å². The first-order valence-electron chi connectivity index (χ1n) is 8.05. The number of carbonyl (C=O) groups is 2. The van der Waals surface area contributed by atoms with Crippen molar-refractivity contribution in [2.24, 2.45) is 0 Å². The number of para-hydroxylation sites is 1. The van der Waals surface area contributed by atoms with Gasteiger partial charge in [0.05, 0.1) is 6.54 Å². The number of likely N-dealkylation sites (N-methyl/N-ethyl adjacent to an activating group) is 1. The number of carbonyl (C=O) groups excluding carboxylic acids is 2. The van der Waals surface area contributed by atoms with Gasteiger partial charge in [0.2, 0.25) is 5.91 Å². The monoisotopic (exact) mass is 360 g/mol. The number of benzene rings is 2. The maximum Gasteiger partial charge on any atom is 0.258 e. The molecule has 0 spiro atoms. The average Bonchev–Trinajstić information content (AvgIpc) is 2.63. The summed E-state index contributed by atoms with van der Waals surface area (Å²) in [6, 6.07) is 16.4. The lowest BCUT2D eigenvalue weighted by molar-refractivity contribution is -0.133. The summed E-state index contributed by atoms with van der Waals surface area (Å²) >= 11 is 5.96. The van der Waals surface area contributed by atoms with Crippen molar-refractivity contribution in [1.82, 2.24) is 10.2 Å². The molecule has 0 aliphatic heterocycles. The van der Waals surface area contributed by atoms with Gasteiger partial charge in [0, 0.05) is 18.1 Å². The first kappa shape index (κ1) is 18.8. The molecule has 2 rings (SSSR count). The van der Waals surface area contributed by atoms with E-state index in [1.54, 1.807) is 23.1 Å². The molecule has 1 N–H and O–H groups in total. The Kier molecular flexibility index (Phi) is 7.29. The highest BCUT2D eigenvalue weighted by Gasteiger charge is 2.13. The maximum absolute atomic E-state index is 12.3. The van der Waals surface area contributed by atoms with E-state index in [2.05, 4.69) is 5.32 Å². The number of nitrogens with zero attached hydrogens (tertiary/aromatic N) is 1. The summed E-state index contributed by atoms with van der Waals surface area (Å²) in [5, 5.41) is 3.22. The van der Waals surface area contributed by atoms with Gasteiger partial charge in [-0.1, -0.05) is 41.9 Å². The van der Waals surface area contributed by atoms with Gasteiger partial charge in [0.1, 0.15) is 5.75 Å². The second kappa shape index (κ2) is 9.69. The summed E-state index contributed by atoms with van der Waals surface area (Å²) in [6.07, 6.45) is 0. The summed E-state index contributed by atoms with van der Waals surface area (Å²) < 4.78 is 5.34. The molecule has 0 saturated heterocycles. The van der Waals surface area contributed by atoms with Crippen LogP contribution in [0.5, 0.6) is 5.75 Å². The summed E-state index contributed by atoms with van der Waals surface area (Å²) in [4.78, 5) is 25.7. The Bertz CT molecular complexity index is 707. The molecule has 2 aromatic carbocycles. The van der Waals surface area contributed by atoms with Crippen molar-refractivity contribution in [3.05, 3.63) is 65.2 Å². The third-order valence-corrected chi connectivity index (χ3v) is 3.78. The molecule has 0 unspecified atom stereocenters. The summed E-state index contributed by atoms with van der Waals surface area (Å²) in [6.45, 7) is 2.69. The quantitative estimate of drug-likeness (QED) is 0.787. The highest BCUT2D eigenvalue weighted by atomic mass is 35.5. The molecule has 0 aliphatic rings. The Morgan fingerprint density at radius 1 is 1.12 bits per heavy atom. The molecule has 0 saturated carbocycles. The Balaban J connectivity index is 1.78. The van der Waals surface area contributed by atoms with E-state index >= 15 is 0 Å². The van der Waals surface area contributed by atoms with Gasteiger partial charge < -0.3 is 15.0 Å². The van der Waals surface area contributed by atoms with Gasteiger partial charge in [-0.05, 0) is 36.8 Å². The number of halogens is 1. The Morgan fingerprint density at radius 2 is 1.88 bits per heavy atom. The number of hydrogen-bond donors (Lipinski definition) is 1. The van der Waals surface area contributed by atoms with Gasteiger partial charge in [-0.2, -0.15) is 0 Å². The fraction of sp³-hybridized carbons (Fsp3) is 0.263. The molecule has 2 amide bonds. The van der Waals surface area contributed by atoms with Gasteiger partial charge >= 0.3 is 0 Å². The van der Waals surface area contributed by atoms with E-state index in [1.165, 1.54) is 0 Å². The fourth-order valence-corrected chi connectivity index (χ4v) is 2.45. The van der Waals surface area contributed by atoms with Crippen molar-refractivity contribution in [1.29, 1.82) is 0 Å². The predicted octanol–water partition coefficient (Wildman–Crippen LogP) is 2.88. The van der Waals surface area contributed by atoms with Crippen LogP contribution in [0.4, 0.5) is 0 Å². The number of rotatable bonds is 8. The zero-order chi connectivity index (χ0) is 18.1. The molecule has 0 bridgehead atoms. The van der Waals surface area contributed by atoms with E-state index in [4.69, 9.17) is 16.3 Å². The highest BCUT2D eigenvalue weighted by Crippen LogP contribution is 2.12. The van der Waals surface area contributed by atoms with E-state index in [0.717, 1.165) is 5.56 Å². The van der Waals surface area contributed by atoms with Crippen LogP contribution in [0.1, 0.15) is 12.5 Å². The SMILES string of the molecule is CCN(Cc1cccc(Cl)c1)C(=O)CNC(=O)COc1ccccc1. The highest BCUT2D eigenvalue weighted by molar-refractivity contribution is 6.30. The standard InChI is InChI=1S/C19H21ClN2O3/c1-2-22(13-15-7-6-8-16(20)11-15)19(24)12-21-18(23)14-25-17-9-4-3-5-10-17/h3-11H,2,12-14H2,1H3,(H,21,23). The van der Waals surface area contributed by atoms with E-state index in [-0.39, 0.29) is 25.0 Å². The van der Waals surface area contributed by atoms with Crippen molar-refractivity contribution in [2.45, 2.75) is 13.5 Å². The molecule has 0 atom stereocenters. The van der Waals surface area contributed by atoms with Crippen LogP contribution >= 0.6 is 11.6 Å². The normalized spacial score (nSPS) is 10.2. The maximum atomic E-state index is 12.3. The van der Waals surface area contributed by atoms with Crippen LogP contribution < -0.4 is 10.1 Å². The third kappa shape index (κ3) is 6.47. The molecule has 25 heavy (non-hydrogen) atoms. The minimum atomic E-state index is -0.337. The molecular weight excluding hydrogens is 340 g/mol. The predicted molar refractivity (Wildman–Crippen MR) is 97.5 cm³/mol. The van der Waals surface area contributed by atoms with E-state index in [0.29, 0.717) is 23.9 Å². The molecule has 2 aromatic rings. The van der Waals surface area contributed by atoms with E-state index in [9.17, 15) is 9.59 Å². The minimum absolute atomic E-state index is 0.0641. The lowest BCUT2D eigenvalue weighted by atomic mass is 10.2. The zero-order valence-electron chi connectivity index (χ0n) is 14.1. The largest absolute Gasteiger partial charge is 0.484 e. The van der Waals surface area contributed by atoms with Crippen molar-refractivity contribution >= 4 is 23.4 Å². The Labute approximate surface area is 152 Å². The minimum Gasteiger partial charge on any atom is -0.484 e. The lowest BCUT2D eigenvalue weighted by Gasteiger charge is -2.21. The molecule has 132 valence electrons. The molecule has 0 fully saturated rings. The van der Waals surface area contributed by atoms with Crippen LogP contribution in [-0.2, 0) is 16.1 Å². The fourth-order valence-electron chi connectivity index (χ4n) is 2.23. The molecular formula is C19H21ClN2O3.